The Labute approximate surface area is 164 Å². The zero-order valence-electron chi connectivity index (χ0n) is 15.7. The third-order valence-corrected chi connectivity index (χ3v) is 4.90. The molecule has 156 valence electrons. The average Bonchev–Trinajstić information content (AvgIpc) is 2.99. The van der Waals surface area contributed by atoms with Crippen molar-refractivity contribution in [3.05, 3.63) is 57.1 Å². The minimum Gasteiger partial charge on any atom is -0.339 e. The molecule has 3 rings (SSSR count). The summed E-state index contributed by atoms with van der Waals surface area (Å²) in [5.41, 5.74) is -0.930. The van der Waals surface area contributed by atoms with E-state index in [0.717, 1.165) is 10.2 Å². The normalized spacial score (nSPS) is 15.1. The molecule has 1 aromatic heterocycles. The third-order valence-electron chi connectivity index (χ3n) is 4.90. The molecule has 8 nitrogen and oxygen atoms in total. The lowest BCUT2D eigenvalue weighted by Crippen LogP contribution is -2.49. The van der Waals surface area contributed by atoms with Crippen molar-refractivity contribution >= 4 is 11.6 Å². The van der Waals surface area contributed by atoms with Gasteiger partial charge in [-0.2, -0.15) is 5.10 Å². The molecule has 0 atom stereocenters. The molecular weight excluding hydrogens is 391 g/mol. The van der Waals surface area contributed by atoms with Gasteiger partial charge >= 0.3 is 5.69 Å². The molecule has 29 heavy (non-hydrogen) atoms. The van der Waals surface area contributed by atoms with Crippen LogP contribution in [0.15, 0.2) is 24.3 Å². The molecule has 1 amide bonds. The standard InChI is InChI=1S/C18H20F3N5O3/c1-12-17(26(28)29)16(18(20)21)22-25(12)11-15(27)24-7-5-23(6-8-24)10-13-3-2-4-14(19)9-13/h2-4,9,18H,5-8,10-11H2,1H3. The number of halogens is 3. The number of carbonyl (C=O) groups is 1. The number of hydrogen-bond acceptors (Lipinski definition) is 5. The Morgan fingerprint density at radius 3 is 2.52 bits per heavy atom. The Balaban J connectivity index is 1.60. The zero-order valence-corrected chi connectivity index (χ0v) is 15.7. The highest BCUT2D eigenvalue weighted by atomic mass is 19.3. The lowest BCUT2D eigenvalue weighted by Gasteiger charge is -2.34. The van der Waals surface area contributed by atoms with Gasteiger partial charge in [-0.05, 0) is 24.6 Å². The largest absolute Gasteiger partial charge is 0.339 e. The fraction of sp³-hybridized carbons (Fsp3) is 0.444. The van der Waals surface area contributed by atoms with Crippen LogP contribution >= 0.6 is 0 Å². The fourth-order valence-corrected chi connectivity index (χ4v) is 3.36. The maximum absolute atomic E-state index is 13.3. The van der Waals surface area contributed by atoms with Gasteiger partial charge < -0.3 is 4.90 Å². The number of piperazine rings is 1. The molecule has 1 aliphatic rings. The topological polar surface area (TPSA) is 84.5 Å². The van der Waals surface area contributed by atoms with Gasteiger partial charge in [-0.15, -0.1) is 0 Å². The Kier molecular flexibility index (Phi) is 6.16. The van der Waals surface area contributed by atoms with E-state index in [1.807, 2.05) is 6.07 Å². The number of rotatable bonds is 6. The molecule has 0 radical (unpaired) electrons. The highest BCUT2D eigenvalue weighted by Crippen LogP contribution is 2.30. The summed E-state index contributed by atoms with van der Waals surface area (Å²) >= 11 is 0. The molecule has 0 unspecified atom stereocenters. The molecule has 0 saturated carbocycles. The number of nitrogens with zero attached hydrogens (tertiary/aromatic N) is 5. The smallest absolute Gasteiger partial charge is 0.319 e. The van der Waals surface area contributed by atoms with Gasteiger partial charge in [0.25, 0.3) is 6.43 Å². The van der Waals surface area contributed by atoms with Crippen molar-refractivity contribution < 1.29 is 22.9 Å². The van der Waals surface area contributed by atoms with E-state index in [4.69, 9.17) is 0 Å². The molecular formula is C18H20F3N5O3. The van der Waals surface area contributed by atoms with Crippen molar-refractivity contribution in [3.63, 3.8) is 0 Å². The molecule has 0 N–H and O–H groups in total. The molecule has 1 fully saturated rings. The minimum absolute atomic E-state index is 0.0802. The molecule has 0 spiro atoms. The number of hydrogen-bond donors (Lipinski definition) is 0. The van der Waals surface area contributed by atoms with Gasteiger partial charge in [-0.3, -0.25) is 24.5 Å². The molecule has 1 saturated heterocycles. The van der Waals surface area contributed by atoms with Crippen LogP contribution in [0, 0.1) is 22.9 Å². The molecule has 2 aromatic rings. The predicted molar refractivity (Wildman–Crippen MR) is 96.8 cm³/mol. The summed E-state index contributed by atoms with van der Waals surface area (Å²) in [7, 11) is 0. The molecule has 0 bridgehead atoms. The number of amides is 1. The molecule has 2 heterocycles. The highest BCUT2D eigenvalue weighted by Gasteiger charge is 2.32. The summed E-state index contributed by atoms with van der Waals surface area (Å²) in [5, 5.41) is 14.6. The number of benzene rings is 1. The maximum Gasteiger partial charge on any atom is 0.319 e. The third kappa shape index (κ3) is 4.73. The van der Waals surface area contributed by atoms with Crippen LogP contribution in [0.4, 0.5) is 18.9 Å². The predicted octanol–water partition coefficient (Wildman–Crippen LogP) is 2.52. The van der Waals surface area contributed by atoms with Crippen LogP contribution in [0.3, 0.4) is 0 Å². The van der Waals surface area contributed by atoms with Crippen LogP contribution in [0.2, 0.25) is 0 Å². The van der Waals surface area contributed by atoms with E-state index in [-0.39, 0.29) is 24.0 Å². The summed E-state index contributed by atoms with van der Waals surface area (Å²) in [6.45, 7) is 3.48. The quantitative estimate of drug-likeness (QED) is 0.539. The van der Waals surface area contributed by atoms with Crippen LogP contribution in [0.1, 0.15) is 23.4 Å². The summed E-state index contributed by atoms with van der Waals surface area (Å²) < 4.78 is 40.3. The van der Waals surface area contributed by atoms with Gasteiger partial charge in [-0.1, -0.05) is 12.1 Å². The van der Waals surface area contributed by atoms with E-state index in [2.05, 4.69) is 10.00 Å². The van der Waals surface area contributed by atoms with Crippen molar-refractivity contribution in [2.24, 2.45) is 0 Å². The summed E-state index contributed by atoms with van der Waals surface area (Å²) in [4.78, 5) is 26.3. The van der Waals surface area contributed by atoms with Crippen molar-refractivity contribution in [1.29, 1.82) is 0 Å². The molecule has 0 aliphatic carbocycles. The SMILES string of the molecule is Cc1c([N+](=O)[O-])c(C(F)F)nn1CC(=O)N1CCN(Cc2cccc(F)c2)CC1. The number of alkyl halides is 2. The minimum atomic E-state index is -3.10. The zero-order chi connectivity index (χ0) is 21.1. The van der Waals surface area contributed by atoms with Crippen molar-refractivity contribution in [2.45, 2.75) is 26.4 Å². The van der Waals surface area contributed by atoms with Crippen LogP contribution in [0.5, 0.6) is 0 Å². The monoisotopic (exact) mass is 411 g/mol. The highest BCUT2D eigenvalue weighted by molar-refractivity contribution is 5.76. The van der Waals surface area contributed by atoms with E-state index in [1.54, 1.807) is 11.0 Å². The second-order valence-corrected chi connectivity index (χ2v) is 6.82. The second kappa shape index (κ2) is 8.60. The van der Waals surface area contributed by atoms with Crippen molar-refractivity contribution in [2.75, 3.05) is 26.2 Å². The van der Waals surface area contributed by atoms with Gasteiger partial charge in [0.15, 0.2) is 0 Å². The maximum atomic E-state index is 13.3. The van der Waals surface area contributed by atoms with E-state index in [1.165, 1.54) is 19.1 Å². The van der Waals surface area contributed by atoms with Crippen LogP contribution in [-0.4, -0.2) is 56.6 Å². The van der Waals surface area contributed by atoms with Gasteiger partial charge in [0.1, 0.15) is 18.1 Å². The van der Waals surface area contributed by atoms with Crippen LogP contribution < -0.4 is 0 Å². The Bertz CT molecular complexity index is 910. The summed E-state index contributed by atoms with van der Waals surface area (Å²) in [6.07, 6.45) is -3.10. The van der Waals surface area contributed by atoms with E-state index < -0.39 is 22.7 Å². The Morgan fingerprint density at radius 1 is 1.28 bits per heavy atom. The lowest BCUT2D eigenvalue weighted by atomic mass is 10.2. The van der Waals surface area contributed by atoms with Gasteiger partial charge in [0.2, 0.25) is 11.6 Å². The van der Waals surface area contributed by atoms with Gasteiger partial charge in [-0.25, -0.2) is 13.2 Å². The second-order valence-electron chi connectivity index (χ2n) is 6.82. The summed E-state index contributed by atoms with van der Waals surface area (Å²) in [6, 6.07) is 6.31. The first-order valence-corrected chi connectivity index (χ1v) is 9.00. The van der Waals surface area contributed by atoms with Crippen molar-refractivity contribution in [1.82, 2.24) is 19.6 Å². The van der Waals surface area contributed by atoms with E-state index in [0.29, 0.717) is 32.7 Å². The lowest BCUT2D eigenvalue weighted by molar-refractivity contribution is -0.386. The molecule has 1 aromatic carbocycles. The Morgan fingerprint density at radius 2 is 1.97 bits per heavy atom. The first-order valence-electron chi connectivity index (χ1n) is 9.00. The molecule has 1 aliphatic heterocycles. The fourth-order valence-electron chi connectivity index (χ4n) is 3.36. The van der Waals surface area contributed by atoms with Gasteiger partial charge in [0.05, 0.1) is 4.92 Å². The van der Waals surface area contributed by atoms with Crippen LogP contribution in [-0.2, 0) is 17.9 Å². The molecule has 11 heteroatoms. The van der Waals surface area contributed by atoms with Gasteiger partial charge in [0, 0.05) is 32.7 Å². The Hall–Kier alpha value is -2.95. The van der Waals surface area contributed by atoms with E-state index >= 15 is 0 Å². The average molecular weight is 411 g/mol. The first-order chi connectivity index (χ1) is 13.8. The number of carbonyl (C=O) groups excluding carboxylic acids is 1. The van der Waals surface area contributed by atoms with Crippen molar-refractivity contribution in [3.8, 4) is 0 Å². The summed E-state index contributed by atoms with van der Waals surface area (Å²) in [5.74, 6) is -0.653. The number of aromatic nitrogens is 2. The van der Waals surface area contributed by atoms with Crippen LogP contribution in [0.25, 0.3) is 0 Å². The number of nitro groups is 1. The van der Waals surface area contributed by atoms with E-state index in [9.17, 15) is 28.1 Å². The first kappa shape index (κ1) is 20.8.